The normalized spacial score (nSPS) is 14.0. The van der Waals surface area contributed by atoms with E-state index in [0.29, 0.717) is 18.0 Å². The maximum atomic E-state index is 11.9. The van der Waals surface area contributed by atoms with Gasteiger partial charge in [-0.15, -0.1) is 0 Å². The van der Waals surface area contributed by atoms with E-state index in [0.717, 1.165) is 17.7 Å². The molecule has 13 heteroatoms. The van der Waals surface area contributed by atoms with E-state index in [-0.39, 0.29) is 22.4 Å². The summed E-state index contributed by atoms with van der Waals surface area (Å²) in [6.07, 6.45) is 0.222. The number of hydrogen-bond donors (Lipinski definition) is 5. The number of aryl methyl sites for hydroxylation is 1. The number of benzene rings is 2. The van der Waals surface area contributed by atoms with Crippen LogP contribution in [0.15, 0.2) is 53.8 Å². The molecule has 0 aromatic heterocycles. The average Bonchev–Trinajstić information content (AvgIpc) is 2.67. The van der Waals surface area contributed by atoms with Gasteiger partial charge >= 0.3 is 0 Å². The maximum absolute atomic E-state index is 11.9. The van der Waals surface area contributed by atoms with Crippen LogP contribution in [0.25, 0.3) is 0 Å². The van der Waals surface area contributed by atoms with E-state index in [1.165, 1.54) is 18.2 Å². The van der Waals surface area contributed by atoms with E-state index < -0.39 is 10.5 Å². The van der Waals surface area contributed by atoms with Gasteiger partial charge in [0.2, 0.25) is 0 Å². The van der Waals surface area contributed by atoms with Crippen molar-refractivity contribution >= 4 is 86.4 Å². The van der Waals surface area contributed by atoms with E-state index in [2.05, 4.69) is 17.2 Å². The summed E-state index contributed by atoms with van der Waals surface area (Å²) < 4.78 is 0.332. The highest BCUT2D eigenvalue weighted by molar-refractivity contribution is 9.23. The van der Waals surface area contributed by atoms with E-state index in [9.17, 15) is 4.79 Å². The number of amides is 1. The molecule has 2 aromatic carbocycles. The number of halogens is 5. The summed E-state index contributed by atoms with van der Waals surface area (Å²) in [5.74, 6) is -0.399. The second-order valence-corrected chi connectivity index (χ2v) is 26.1. The van der Waals surface area contributed by atoms with Crippen molar-refractivity contribution in [2.75, 3.05) is 28.7 Å². The smallest absolute Gasteiger partial charge is 0.253 e. The van der Waals surface area contributed by atoms with Gasteiger partial charge in [0.15, 0.2) is 5.88 Å². The first-order valence-electron chi connectivity index (χ1n) is 9.91. The Balaban J connectivity index is 0.000000404. The van der Waals surface area contributed by atoms with Gasteiger partial charge in [-0.1, -0.05) is 13.0 Å². The molecule has 2 rings (SSSR count). The SMILES string of the molecule is C=C(O)Nc1ccc(C)c(N)c1.CCCOC(C)C(=O)Nc1ccc(S(Cl)(Cl)(Cl)(Cl)Cl)c(N)c1. The van der Waals surface area contributed by atoms with Crippen molar-refractivity contribution in [3.05, 3.63) is 54.4 Å². The second-order valence-electron chi connectivity index (χ2n) is 7.37. The molecule has 0 aliphatic heterocycles. The van der Waals surface area contributed by atoms with Gasteiger partial charge in [0.05, 0.1) is 4.90 Å². The van der Waals surface area contributed by atoms with Gasteiger partial charge in [0, 0.05) is 33.7 Å². The van der Waals surface area contributed by atoms with Crippen molar-refractivity contribution < 1.29 is 14.6 Å². The predicted molar refractivity (Wildman–Crippen MR) is 151 cm³/mol. The molecule has 0 fully saturated rings. The Kier molecular flexibility index (Phi) is 10.0. The van der Waals surface area contributed by atoms with Crippen molar-refractivity contribution in [3.8, 4) is 0 Å². The number of carbonyl (C=O) groups excluding carboxylic acids is 1. The molecule has 7 nitrogen and oxygen atoms in total. The third-order valence-electron chi connectivity index (χ3n) is 4.20. The standard InChI is InChI=1S/C12H17Cl5N2O2S.C9H12N2O/c1-3-6-21-8(2)12(20)19-9-4-5-11(10(18)7-9)22(13,14,15,16)17;1-6-3-4-8(5-9(6)10)11-7(2)12/h4-5,7-8H,3,6,18H2,1-2H3,(H,19,20);3-5,11-12H,2,10H2,1H3. The van der Waals surface area contributed by atoms with Crippen LogP contribution >= 0.6 is 57.8 Å². The van der Waals surface area contributed by atoms with Gasteiger partial charge in [0.1, 0.15) is 6.10 Å². The number of rotatable bonds is 8. The lowest BCUT2D eigenvalue weighted by atomic mass is 10.2. The van der Waals surface area contributed by atoms with Crippen molar-refractivity contribution in [2.45, 2.75) is 38.2 Å². The Morgan fingerprint density at radius 3 is 2.06 bits per heavy atom. The highest BCUT2D eigenvalue weighted by atomic mass is 36.6. The number of hydrogen-bond acceptors (Lipinski definition) is 6. The molecule has 0 heterocycles. The molecule has 2 aromatic rings. The fourth-order valence-corrected chi connectivity index (χ4v) is 5.41. The maximum Gasteiger partial charge on any atom is 0.253 e. The Bertz CT molecular complexity index is 1050. The van der Waals surface area contributed by atoms with Gasteiger partial charge in [-0.3, -0.25) is 4.79 Å². The Morgan fingerprint density at radius 2 is 1.59 bits per heavy atom. The number of aliphatic hydroxyl groups is 1. The molecular weight excluding hydrogens is 566 g/mol. The summed E-state index contributed by atoms with van der Waals surface area (Å²) in [6.45, 7) is 9.33. The Hall–Kier alpha value is -1.39. The van der Waals surface area contributed by atoms with E-state index in [4.69, 9.17) is 74.7 Å². The van der Waals surface area contributed by atoms with Gasteiger partial charge in [-0.2, -0.15) is 0 Å². The summed E-state index contributed by atoms with van der Waals surface area (Å²) in [7, 11) is 29.7. The molecule has 192 valence electrons. The minimum Gasteiger partial charge on any atom is -0.495 e. The molecule has 34 heavy (non-hydrogen) atoms. The third kappa shape index (κ3) is 10.5. The van der Waals surface area contributed by atoms with Crippen LogP contribution in [-0.2, 0) is 9.53 Å². The molecule has 0 saturated carbocycles. The van der Waals surface area contributed by atoms with Gasteiger partial charge in [0.25, 0.3) is 5.91 Å². The first kappa shape index (κ1) is 30.6. The predicted octanol–water partition coefficient (Wildman–Crippen LogP) is 8.04. The lowest BCUT2D eigenvalue weighted by Crippen LogP contribution is -2.28. The summed E-state index contributed by atoms with van der Waals surface area (Å²) in [5, 5.41) is 14.1. The number of anilines is 4. The van der Waals surface area contributed by atoms with Crippen LogP contribution in [0.2, 0.25) is 0 Å². The molecular formula is C21H29Cl5N4O3S. The minimum atomic E-state index is -4.99. The topological polar surface area (TPSA) is 123 Å². The van der Waals surface area contributed by atoms with E-state index in [1.807, 2.05) is 26.0 Å². The molecule has 1 amide bonds. The van der Waals surface area contributed by atoms with Gasteiger partial charge < -0.3 is 31.9 Å². The van der Waals surface area contributed by atoms with Crippen LogP contribution in [0.1, 0.15) is 25.8 Å². The van der Waals surface area contributed by atoms with Crippen molar-refractivity contribution in [3.63, 3.8) is 0 Å². The molecule has 0 aliphatic carbocycles. The first-order valence-corrected chi connectivity index (χ1v) is 16.5. The third-order valence-corrected chi connectivity index (χ3v) is 7.90. The molecule has 0 saturated heterocycles. The van der Waals surface area contributed by atoms with Crippen LogP contribution in [0.4, 0.5) is 22.7 Å². The quantitative estimate of drug-likeness (QED) is 0.156. The summed E-state index contributed by atoms with van der Waals surface area (Å²) in [6, 6.07) is 9.73. The molecule has 0 bridgehead atoms. The molecule has 0 radical (unpaired) electrons. The number of aliphatic hydroxyl groups excluding tert-OH is 1. The molecule has 0 spiro atoms. The van der Waals surface area contributed by atoms with E-state index >= 15 is 0 Å². The lowest BCUT2D eigenvalue weighted by Gasteiger charge is -2.50. The zero-order valence-electron chi connectivity index (χ0n) is 18.9. The Morgan fingerprint density at radius 1 is 1.06 bits per heavy atom. The van der Waals surface area contributed by atoms with Crippen LogP contribution in [-0.4, -0.2) is 23.7 Å². The first-order chi connectivity index (χ1) is 15.3. The summed E-state index contributed by atoms with van der Waals surface area (Å²) >= 11 is 0. The van der Waals surface area contributed by atoms with Crippen LogP contribution in [0, 0.1) is 6.92 Å². The van der Waals surface area contributed by atoms with Crippen LogP contribution < -0.4 is 22.1 Å². The molecule has 1 unspecified atom stereocenters. The van der Waals surface area contributed by atoms with Crippen LogP contribution in [0.3, 0.4) is 0 Å². The number of nitrogens with two attached hydrogens (primary N) is 2. The fraction of sp³-hybridized carbons (Fsp3) is 0.286. The molecule has 0 aliphatic rings. The number of nitrogens with one attached hydrogen (secondary N) is 2. The molecule has 1 atom stereocenters. The number of nitrogen functional groups attached to an aromatic ring is 2. The van der Waals surface area contributed by atoms with Crippen molar-refractivity contribution in [1.82, 2.24) is 0 Å². The highest BCUT2D eigenvalue weighted by Crippen LogP contribution is 3.13. The monoisotopic (exact) mass is 592 g/mol. The second kappa shape index (κ2) is 11.1. The Labute approximate surface area is 221 Å². The lowest BCUT2D eigenvalue weighted by molar-refractivity contribution is -0.126. The minimum absolute atomic E-state index is 0.0124. The molecule has 7 N–H and O–H groups in total. The van der Waals surface area contributed by atoms with Crippen LogP contribution in [0.5, 0.6) is 0 Å². The number of ether oxygens (including phenoxy) is 1. The number of carbonyl (C=O) groups is 1. The summed E-state index contributed by atoms with van der Waals surface area (Å²) in [5.41, 5.74) is 14.4. The van der Waals surface area contributed by atoms with Gasteiger partial charge in [-0.05, 0) is 116 Å². The van der Waals surface area contributed by atoms with E-state index in [1.54, 1.807) is 13.0 Å². The summed E-state index contributed by atoms with van der Waals surface area (Å²) in [4.78, 5) is 11.9. The zero-order valence-corrected chi connectivity index (χ0v) is 23.5. The highest BCUT2D eigenvalue weighted by Gasteiger charge is 2.55. The van der Waals surface area contributed by atoms with Gasteiger partial charge in [-0.25, -0.2) is 0 Å². The average molecular weight is 595 g/mol. The van der Waals surface area contributed by atoms with Crippen molar-refractivity contribution in [2.24, 2.45) is 0 Å². The van der Waals surface area contributed by atoms with Crippen molar-refractivity contribution in [1.29, 1.82) is 0 Å². The fourth-order valence-electron chi connectivity index (χ4n) is 2.48. The largest absolute Gasteiger partial charge is 0.495 e. The zero-order chi connectivity index (χ0) is 26.4.